The molecule has 8 nitrogen and oxygen atoms in total. The molecule has 2 aromatic carbocycles. The van der Waals surface area contributed by atoms with Crippen LogP contribution in [0.15, 0.2) is 54.6 Å². The number of carbonyl (C=O) groups excluding carboxylic acids is 1. The summed E-state index contributed by atoms with van der Waals surface area (Å²) in [4.78, 5) is 26.9. The molecule has 1 saturated heterocycles. The number of nitro benzene ring substituents is 1. The van der Waals surface area contributed by atoms with E-state index in [4.69, 9.17) is 4.74 Å². The fourth-order valence-electron chi connectivity index (χ4n) is 3.41. The molecule has 1 unspecified atom stereocenters. The number of hydrogen-bond donors (Lipinski definition) is 0. The highest BCUT2D eigenvalue weighted by Gasteiger charge is 2.26. The van der Waals surface area contributed by atoms with Gasteiger partial charge in [0.05, 0.1) is 23.7 Å². The van der Waals surface area contributed by atoms with Gasteiger partial charge in [0.2, 0.25) is 5.91 Å². The summed E-state index contributed by atoms with van der Waals surface area (Å²) < 4.78 is 5.16. The second-order valence-electron chi connectivity index (χ2n) is 6.82. The van der Waals surface area contributed by atoms with Gasteiger partial charge in [0, 0.05) is 38.3 Å². The van der Waals surface area contributed by atoms with Gasteiger partial charge in [-0.1, -0.05) is 24.3 Å². The highest BCUT2D eigenvalue weighted by Crippen LogP contribution is 2.24. The lowest BCUT2D eigenvalue weighted by Gasteiger charge is -2.36. The molecule has 30 heavy (non-hydrogen) atoms. The monoisotopic (exact) mass is 406 g/mol. The van der Waals surface area contributed by atoms with E-state index in [9.17, 15) is 20.2 Å². The van der Waals surface area contributed by atoms with Crippen LogP contribution in [0.1, 0.15) is 17.2 Å². The van der Waals surface area contributed by atoms with Crippen molar-refractivity contribution in [2.45, 2.75) is 6.04 Å². The summed E-state index contributed by atoms with van der Waals surface area (Å²) >= 11 is 0. The number of ether oxygens (including phenoxy) is 1. The number of piperazine rings is 1. The van der Waals surface area contributed by atoms with Crippen molar-refractivity contribution in [3.05, 3.63) is 75.8 Å². The second kappa shape index (κ2) is 9.67. The van der Waals surface area contributed by atoms with Crippen molar-refractivity contribution in [1.29, 1.82) is 5.26 Å². The van der Waals surface area contributed by atoms with E-state index in [-0.39, 0.29) is 11.6 Å². The van der Waals surface area contributed by atoms with Crippen molar-refractivity contribution in [3.63, 3.8) is 0 Å². The highest BCUT2D eigenvalue weighted by molar-refractivity contribution is 5.92. The summed E-state index contributed by atoms with van der Waals surface area (Å²) in [6.07, 6.45) is 2.84. The Balaban J connectivity index is 1.61. The minimum absolute atomic E-state index is 0.0391. The van der Waals surface area contributed by atoms with E-state index >= 15 is 0 Å². The molecule has 1 heterocycles. The molecule has 3 rings (SSSR count). The molecule has 0 aromatic heterocycles. The fourth-order valence-corrected chi connectivity index (χ4v) is 3.41. The Morgan fingerprint density at radius 3 is 2.43 bits per heavy atom. The number of rotatable bonds is 6. The van der Waals surface area contributed by atoms with E-state index < -0.39 is 11.0 Å². The van der Waals surface area contributed by atoms with Crippen LogP contribution in [0.2, 0.25) is 0 Å². The quantitative estimate of drug-likeness (QED) is 0.415. The number of methoxy groups -OCH3 is 1. The number of hydrogen-bond acceptors (Lipinski definition) is 6. The molecule has 1 amide bonds. The first kappa shape index (κ1) is 21.0. The molecule has 2 aromatic rings. The zero-order valence-corrected chi connectivity index (χ0v) is 16.6. The van der Waals surface area contributed by atoms with Crippen LogP contribution in [0.4, 0.5) is 5.69 Å². The van der Waals surface area contributed by atoms with Gasteiger partial charge in [0.1, 0.15) is 11.8 Å². The Morgan fingerprint density at radius 1 is 1.17 bits per heavy atom. The lowest BCUT2D eigenvalue weighted by Crippen LogP contribution is -2.49. The first-order valence-corrected chi connectivity index (χ1v) is 9.51. The van der Waals surface area contributed by atoms with E-state index in [2.05, 4.69) is 6.07 Å². The lowest BCUT2D eigenvalue weighted by atomic mass is 10.1. The Hall–Kier alpha value is -3.70. The summed E-state index contributed by atoms with van der Waals surface area (Å²) in [6, 6.07) is 15.6. The maximum absolute atomic E-state index is 12.5. The molecular formula is C22H22N4O4. The predicted octanol–water partition coefficient (Wildman–Crippen LogP) is 3.03. The number of benzene rings is 2. The number of nitriles is 1. The molecule has 0 aliphatic carbocycles. The molecule has 0 N–H and O–H groups in total. The van der Waals surface area contributed by atoms with Crippen LogP contribution in [0.25, 0.3) is 6.08 Å². The molecule has 154 valence electrons. The van der Waals surface area contributed by atoms with Gasteiger partial charge in [0.15, 0.2) is 0 Å². The Morgan fingerprint density at radius 2 is 1.83 bits per heavy atom. The van der Waals surface area contributed by atoms with Crippen LogP contribution in [-0.2, 0) is 4.79 Å². The van der Waals surface area contributed by atoms with Crippen molar-refractivity contribution >= 4 is 17.7 Å². The van der Waals surface area contributed by atoms with Crippen LogP contribution in [0.5, 0.6) is 5.75 Å². The molecule has 1 fully saturated rings. The van der Waals surface area contributed by atoms with Crippen molar-refractivity contribution in [2.75, 3.05) is 33.3 Å². The summed E-state index contributed by atoms with van der Waals surface area (Å²) in [5, 5.41) is 20.7. The Labute approximate surface area is 174 Å². The third-order valence-electron chi connectivity index (χ3n) is 5.08. The first-order chi connectivity index (χ1) is 14.5. The van der Waals surface area contributed by atoms with Crippen molar-refractivity contribution < 1.29 is 14.5 Å². The number of nitrogens with zero attached hydrogens (tertiary/aromatic N) is 4. The number of nitro groups is 1. The highest BCUT2D eigenvalue weighted by atomic mass is 16.6. The molecule has 1 atom stereocenters. The van der Waals surface area contributed by atoms with Crippen LogP contribution in [0.3, 0.4) is 0 Å². The van der Waals surface area contributed by atoms with Gasteiger partial charge >= 0.3 is 0 Å². The minimum atomic E-state index is -0.468. The Kier molecular flexibility index (Phi) is 6.78. The third kappa shape index (κ3) is 4.82. The first-order valence-electron chi connectivity index (χ1n) is 9.51. The number of amides is 1. The van der Waals surface area contributed by atoms with Crippen LogP contribution >= 0.6 is 0 Å². The zero-order valence-electron chi connectivity index (χ0n) is 16.6. The minimum Gasteiger partial charge on any atom is -0.497 e. The van der Waals surface area contributed by atoms with Gasteiger partial charge in [-0.2, -0.15) is 5.26 Å². The normalized spacial score (nSPS) is 15.5. The maximum Gasteiger partial charge on any atom is 0.276 e. The average molecular weight is 406 g/mol. The van der Waals surface area contributed by atoms with Gasteiger partial charge in [-0.15, -0.1) is 0 Å². The smallest absolute Gasteiger partial charge is 0.276 e. The average Bonchev–Trinajstić information content (AvgIpc) is 2.79. The lowest BCUT2D eigenvalue weighted by molar-refractivity contribution is -0.385. The number of carbonyl (C=O) groups is 1. The van der Waals surface area contributed by atoms with E-state index in [1.54, 1.807) is 30.2 Å². The number of para-hydroxylation sites is 1. The van der Waals surface area contributed by atoms with Crippen molar-refractivity contribution in [1.82, 2.24) is 9.80 Å². The van der Waals surface area contributed by atoms with Crippen LogP contribution in [-0.4, -0.2) is 53.9 Å². The van der Waals surface area contributed by atoms with Gasteiger partial charge in [-0.3, -0.25) is 19.8 Å². The van der Waals surface area contributed by atoms with Gasteiger partial charge in [-0.05, 0) is 29.8 Å². The van der Waals surface area contributed by atoms with Crippen molar-refractivity contribution in [2.24, 2.45) is 0 Å². The SMILES string of the molecule is COc1ccc(C(C#N)N2CCN(C(=O)/C=C/c3ccccc3[N+](=O)[O-])CC2)cc1. The third-order valence-corrected chi connectivity index (χ3v) is 5.08. The Bertz CT molecular complexity index is 973. The molecule has 0 radical (unpaired) electrons. The second-order valence-corrected chi connectivity index (χ2v) is 6.82. The summed E-state index contributed by atoms with van der Waals surface area (Å²) in [5.74, 6) is 0.530. The van der Waals surface area contributed by atoms with E-state index in [0.717, 1.165) is 11.3 Å². The van der Waals surface area contributed by atoms with Crippen LogP contribution in [0, 0.1) is 21.4 Å². The summed E-state index contributed by atoms with van der Waals surface area (Å²) in [7, 11) is 1.59. The molecule has 8 heteroatoms. The fraction of sp³-hybridized carbons (Fsp3) is 0.273. The van der Waals surface area contributed by atoms with E-state index in [1.807, 2.05) is 29.2 Å². The zero-order chi connectivity index (χ0) is 21.5. The molecule has 1 aliphatic rings. The molecule has 0 bridgehead atoms. The largest absolute Gasteiger partial charge is 0.497 e. The van der Waals surface area contributed by atoms with Gasteiger partial charge in [0.25, 0.3) is 5.69 Å². The molecule has 0 saturated carbocycles. The molecule has 1 aliphatic heterocycles. The van der Waals surface area contributed by atoms with Gasteiger partial charge < -0.3 is 9.64 Å². The topological polar surface area (TPSA) is 99.7 Å². The van der Waals surface area contributed by atoms with E-state index in [0.29, 0.717) is 31.7 Å². The molecular weight excluding hydrogens is 384 g/mol. The van der Waals surface area contributed by atoms with E-state index in [1.165, 1.54) is 18.2 Å². The standard InChI is InChI=1S/C22H22N4O4/c1-30-19-9-6-18(7-10-19)21(16-23)24-12-14-25(15-13-24)22(27)11-8-17-4-2-3-5-20(17)26(28)29/h2-11,21H,12-15H2,1H3/b11-8+. The predicted molar refractivity (Wildman–Crippen MR) is 112 cm³/mol. The van der Waals surface area contributed by atoms with Crippen molar-refractivity contribution in [3.8, 4) is 11.8 Å². The summed E-state index contributed by atoms with van der Waals surface area (Å²) in [6.45, 7) is 2.09. The maximum atomic E-state index is 12.5. The van der Waals surface area contributed by atoms with Crippen LogP contribution < -0.4 is 4.74 Å². The molecule has 0 spiro atoms. The van der Waals surface area contributed by atoms with Gasteiger partial charge in [-0.25, -0.2) is 0 Å². The summed E-state index contributed by atoms with van der Waals surface area (Å²) in [5.41, 5.74) is 1.23.